The Hall–Kier alpha value is -2.15. The van der Waals surface area contributed by atoms with E-state index in [1.54, 1.807) is 36.2 Å². The van der Waals surface area contributed by atoms with E-state index in [9.17, 15) is 14.7 Å². The number of pyridine rings is 1. The lowest BCUT2D eigenvalue weighted by Crippen LogP contribution is -2.50. The number of likely N-dealkylation sites (tertiary alicyclic amines) is 1. The van der Waals surface area contributed by atoms with Crippen molar-refractivity contribution in [2.45, 2.75) is 44.9 Å². The molecule has 2 atom stereocenters. The Balaban J connectivity index is 1.83. The predicted molar refractivity (Wildman–Crippen MR) is 80.5 cm³/mol. The van der Waals surface area contributed by atoms with Gasteiger partial charge in [-0.15, -0.1) is 5.10 Å². The molecule has 0 radical (unpaired) electrons. The molecule has 7 heteroatoms. The first-order valence-corrected chi connectivity index (χ1v) is 7.59. The Bertz CT molecular complexity index is 734. The lowest BCUT2D eigenvalue weighted by molar-refractivity contribution is -0.138. The molecule has 0 bridgehead atoms. The van der Waals surface area contributed by atoms with Gasteiger partial charge in [-0.3, -0.25) is 9.20 Å². The number of hydrogen-bond donors (Lipinski definition) is 1. The van der Waals surface area contributed by atoms with Crippen LogP contribution in [-0.4, -0.2) is 48.8 Å². The van der Waals surface area contributed by atoms with E-state index >= 15 is 0 Å². The number of fused-ring (bicyclic) bond motifs is 1. The fourth-order valence-corrected chi connectivity index (χ4v) is 3.06. The number of carbonyl (C=O) groups is 1. The third kappa shape index (κ3) is 2.64. The zero-order chi connectivity index (χ0) is 15.7. The molecule has 2 unspecified atom stereocenters. The summed E-state index contributed by atoms with van der Waals surface area (Å²) in [6, 6.07) is 5.09. The first kappa shape index (κ1) is 14.8. The maximum Gasteiger partial charge on any atom is 0.350 e. The summed E-state index contributed by atoms with van der Waals surface area (Å²) in [6.07, 6.45) is 3.79. The molecular formula is C15H20N4O3. The predicted octanol–water partition coefficient (Wildman–Crippen LogP) is 0.258. The van der Waals surface area contributed by atoms with Crippen molar-refractivity contribution in [2.75, 3.05) is 6.54 Å². The molecule has 1 aliphatic rings. The van der Waals surface area contributed by atoms with Gasteiger partial charge in [-0.25, -0.2) is 9.48 Å². The molecule has 0 saturated carbocycles. The zero-order valence-corrected chi connectivity index (χ0v) is 12.6. The van der Waals surface area contributed by atoms with E-state index in [0.29, 0.717) is 12.2 Å². The van der Waals surface area contributed by atoms with Crippen LogP contribution in [0.4, 0.5) is 0 Å². The second-order valence-corrected chi connectivity index (χ2v) is 5.76. The third-order valence-corrected chi connectivity index (χ3v) is 4.20. The Labute approximate surface area is 127 Å². The van der Waals surface area contributed by atoms with Crippen molar-refractivity contribution in [3.63, 3.8) is 0 Å². The molecule has 118 valence electrons. The van der Waals surface area contributed by atoms with E-state index in [1.807, 2.05) is 0 Å². The minimum atomic E-state index is -0.568. The standard InChI is InChI=1S/C15H20N4O3/c1-11(20)12-6-2-4-8-17(12)14(21)10-19-15(22)18-9-5-3-7-13(18)16-19/h3,5,7,9,11-12,20H,2,4,6,8,10H2,1H3. The van der Waals surface area contributed by atoms with Gasteiger partial charge in [0.15, 0.2) is 5.65 Å². The SMILES string of the molecule is CC(O)C1CCCCN1C(=O)Cn1nc2ccccn2c1=O. The molecule has 1 N–H and O–H groups in total. The van der Waals surface area contributed by atoms with Crippen LogP contribution in [0, 0.1) is 0 Å². The molecule has 7 nitrogen and oxygen atoms in total. The highest BCUT2D eigenvalue weighted by atomic mass is 16.3. The number of aliphatic hydroxyl groups excluding tert-OH is 1. The highest BCUT2D eigenvalue weighted by Crippen LogP contribution is 2.20. The highest BCUT2D eigenvalue weighted by molar-refractivity contribution is 5.76. The summed E-state index contributed by atoms with van der Waals surface area (Å²) in [5.74, 6) is -0.170. The number of carbonyl (C=O) groups excluding carboxylic acids is 1. The van der Waals surface area contributed by atoms with Gasteiger partial charge < -0.3 is 10.0 Å². The van der Waals surface area contributed by atoms with Gasteiger partial charge in [-0.2, -0.15) is 0 Å². The fraction of sp³-hybridized carbons (Fsp3) is 0.533. The number of rotatable bonds is 3. The largest absolute Gasteiger partial charge is 0.391 e. The summed E-state index contributed by atoms with van der Waals surface area (Å²) in [6.45, 7) is 2.23. The van der Waals surface area contributed by atoms with Crippen molar-refractivity contribution >= 4 is 11.6 Å². The lowest BCUT2D eigenvalue weighted by atomic mass is 9.98. The second kappa shape index (κ2) is 5.92. The van der Waals surface area contributed by atoms with Crippen molar-refractivity contribution in [1.29, 1.82) is 0 Å². The maximum atomic E-state index is 12.5. The van der Waals surface area contributed by atoms with Crippen molar-refractivity contribution in [2.24, 2.45) is 0 Å². The molecule has 2 aromatic heterocycles. The van der Waals surface area contributed by atoms with Crippen LogP contribution >= 0.6 is 0 Å². The van der Waals surface area contributed by atoms with Crippen LogP contribution in [0.3, 0.4) is 0 Å². The van der Waals surface area contributed by atoms with Crippen LogP contribution in [0.2, 0.25) is 0 Å². The van der Waals surface area contributed by atoms with Gasteiger partial charge in [0.1, 0.15) is 6.54 Å². The van der Waals surface area contributed by atoms with Crippen LogP contribution < -0.4 is 5.69 Å². The Kier molecular flexibility index (Phi) is 3.98. The van der Waals surface area contributed by atoms with Crippen molar-refractivity contribution in [1.82, 2.24) is 19.1 Å². The number of hydrogen-bond acceptors (Lipinski definition) is 4. The van der Waals surface area contributed by atoms with Crippen LogP contribution in [-0.2, 0) is 11.3 Å². The molecule has 3 rings (SSSR count). The number of amides is 1. The van der Waals surface area contributed by atoms with E-state index in [0.717, 1.165) is 19.3 Å². The number of nitrogens with zero attached hydrogens (tertiary/aromatic N) is 4. The highest BCUT2D eigenvalue weighted by Gasteiger charge is 2.30. The summed E-state index contributed by atoms with van der Waals surface area (Å²) < 4.78 is 2.60. The molecule has 1 aliphatic heterocycles. The van der Waals surface area contributed by atoms with Gasteiger partial charge in [-0.1, -0.05) is 6.07 Å². The molecule has 0 spiro atoms. The fourth-order valence-electron chi connectivity index (χ4n) is 3.06. The minimum absolute atomic E-state index is 0.0935. The molecule has 0 aliphatic carbocycles. The Morgan fingerprint density at radius 2 is 2.27 bits per heavy atom. The maximum absolute atomic E-state index is 12.5. The van der Waals surface area contributed by atoms with E-state index in [1.165, 1.54) is 9.08 Å². The van der Waals surface area contributed by atoms with E-state index < -0.39 is 6.10 Å². The zero-order valence-electron chi connectivity index (χ0n) is 12.6. The van der Waals surface area contributed by atoms with Crippen molar-refractivity contribution in [3.05, 3.63) is 34.9 Å². The molecule has 2 aromatic rings. The number of piperidine rings is 1. The first-order valence-electron chi connectivity index (χ1n) is 7.59. The van der Waals surface area contributed by atoms with Crippen molar-refractivity contribution in [3.8, 4) is 0 Å². The van der Waals surface area contributed by atoms with Crippen LogP contribution in [0.5, 0.6) is 0 Å². The minimum Gasteiger partial charge on any atom is -0.391 e. The Morgan fingerprint density at radius 1 is 1.45 bits per heavy atom. The van der Waals surface area contributed by atoms with Gasteiger partial charge >= 0.3 is 5.69 Å². The second-order valence-electron chi connectivity index (χ2n) is 5.76. The topological polar surface area (TPSA) is 79.8 Å². The normalized spacial score (nSPS) is 20.3. The smallest absolute Gasteiger partial charge is 0.350 e. The first-order chi connectivity index (χ1) is 10.6. The monoisotopic (exact) mass is 304 g/mol. The number of aromatic nitrogens is 3. The van der Waals surface area contributed by atoms with Gasteiger partial charge in [0.2, 0.25) is 5.91 Å². The summed E-state index contributed by atoms with van der Waals surface area (Å²) in [4.78, 5) is 26.4. The van der Waals surface area contributed by atoms with Gasteiger partial charge in [0, 0.05) is 12.7 Å². The quantitative estimate of drug-likeness (QED) is 0.882. The third-order valence-electron chi connectivity index (χ3n) is 4.20. The summed E-state index contributed by atoms with van der Waals surface area (Å²) in [5, 5.41) is 14.0. The Morgan fingerprint density at radius 3 is 3.00 bits per heavy atom. The van der Waals surface area contributed by atoms with Gasteiger partial charge in [0.25, 0.3) is 0 Å². The van der Waals surface area contributed by atoms with E-state index in [2.05, 4.69) is 5.10 Å². The average Bonchev–Trinajstić information content (AvgIpc) is 2.84. The van der Waals surface area contributed by atoms with Crippen LogP contribution in [0.25, 0.3) is 5.65 Å². The van der Waals surface area contributed by atoms with Crippen LogP contribution in [0.15, 0.2) is 29.2 Å². The molecule has 3 heterocycles. The molecule has 1 fully saturated rings. The average molecular weight is 304 g/mol. The molecule has 22 heavy (non-hydrogen) atoms. The number of aliphatic hydroxyl groups is 1. The molecule has 0 aromatic carbocycles. The molecule has 1 amide bonds. The van der Waals surface area contributed by atoms with Crippen LogP contribution in [0.1, 0.15) is 26.2 Å². The van der Waals surface area contributed by atoms with E-state index in [-0.39, 0.29) is 24.2 Å². The summed E-state index contributed by atoms with van der Waals surface area (Å²) in [7, 11) is 0. The van der Waals surface area contributed by atoms with Crippen molar-refractivity contribution < 1.29 is 9.90 Å². The summed E-state index contributed by atoms with van der Waals surface area (Å²) >= 11 is 0. The van der Waals surface area contributed by atoms with E-state index in [4.69, 9.17) is 0 Å². The lowest BCUT2D eigenvalue weighted by Gasteiger charge is -2.37. The van der Waals surface area contributed by atoms with Gasteiger partial charge in [-0.05, 0) is 38.3 Å². The molecular weight excluding hydrogens is 284 g/mol. The summed E-state index contributed by atoms with van der Waals surface area (Å²) in [5.41, 5.74) is 0.195. The molecule has 1 saturated heterocycles. The van der Waals surface area contributed by atoms with Gasteiger partial charge in [0.05, 0.1) is 12.1 Å².